The van der Waals surface area contributed by atoms with Gasteiger partial charge in [0.1, 0.15) is 16.7 Å². The van der Waals surface area contributed by atoms with Crippen LogP contribution < -0.4 is 9.80 Å². The highest BCUT2D eigenvalue weighted by molar-refractivity contribution is 6.12. The lowest BCUT2D eigenvalue weighted by Crippen LogP contribution is -2.10. The van der Waals surface area contributed by atoms with Crippen molar-refractivity contribution in [1.82, 2.24) is 0 Å². The minimum absolute atomic E-state index is 0.835. The van der Waals surface area contributed by atoms with Crippen LogP contribution in [0.2, 0.25) is 0 Å². The predicted octanol–water partition coefficient (Wildman–Crippen LogP) is 12.4. The summed E-state index contributed by atoms with van der Waals surface area (Å²) in [5.41, 5.74) is 9.73. The van der Waals surface area contributed by atoms with Crippen molar-refractivity contribution >= 4 is 78.0 Å². The Hall–Kier alpha value is -6.26. The largest absolute Gasteiger partial charge is 0.456 e. The van der Waals surface area contributed by atoms with E-state index in [0.29, 0.717) is 0 Å². The van der Waals surface area contributed by atoms with Crippen molar-refractivity contribution in [2.45, 2.75) is 0 Å². The summed E-state index contributed by atoms with van der Waals surface area (Å²) in [6, 6.07) is 58.9. The number of hydrogen-bond acceptors (Lipinski definition) is 4. The second kappa shape index (κ2) is 10.7. The summed E-state index contributed by atoms with van der Waals surface area (Å²) in [4.78, 5) is 4.55. The van der Waals surface area contributed by atoms with Gasteiger partial charge in [-0.1, -0.05) is 84.9 Å². The van der Waals surface area contributed by atoms with E-state index in [2.05, 4.69) is 149 Å². The lowest BCUT2D eigenvalue weighted by molar-refractivity contribution is 0.669. The number of para-hydroxylation sites is 5. The van der Waals surface area contributed by atoms with Crippen molar-refractivity contribution in [3.05, 3.63) is 170 Å². The molecule has 9 rings (SSSR count). The van der Waals surface area contributed by atoms with E-state index in [-0.39, 0.29) is 0 Å². The third-order valence-corrected chi connectivity index (χ3v) is 8.62. The molecule has 9 aromatic rings. The molecule has 0 spiro atoms. The van der Waals surface area contributed by atoms with Gasteiger partial charge >= 0.3 is 0 Å². The van der Waals surface area contributed by atoms with Gasteiger partial charge in [-0.05, 0) is 84.9 Å². The summed E-state index contributed by atoms with van der Waals surface area (Å²) in [5, 5.41) is 4.31. The van der Waals surface area contributed by atoms with E-state index < -0.39 is 0 Å². The van der Waals surface area contributed by atoms with Gasteiger partial charge in [-0.2, -0.15) is 0 Å². The summed E-state index contributed by atoms with van der Waals surface area (Å²) < 4.78 is 12.9. The number of fused-ring (bicyclic) bond motifs is 6. The van der Waals surface area contributed by atoms with Crippen LogP contribution in [0.25, 0.3) is 43.9 Å². The van der Waals surface area contributed by atoms with Crippen LogP contribution in [0.15, 0.2) is 179 Å². The maximum atomic E-state index is 6.72. The summed E-state index contributed by atoms with van der Waals surface area (Å²) in [7, 11) is 0. The van der Waals surface area contributed by atoms with Crippen LogP contribution in [0, 0.1) is 0 Å². The maximum absolute atomic E-state index is 6.72. The zero-order valence-corrected chi connectivity index (χ0v) is 24.9. The SMILES string of the molecule is c1ccc(N(c2ccccc2)c2ccc3oc4c(N(c5ccccc5)c5ccc6oc7ccccc7c6c5)cccc4c3c2)cc1. The first-order chi connectivity index (χ1) is 22.8. The highest BCUT2D eigenvalue weighted by atomic mass is 16.3. The van der Waals surface area contributed by atoms with Crippen LogP contribution in [-0.4, -0.2) is 0 Å². The molecule has 4 nitrogen and oxygen atoms in total. The van der Waals surface area contributed by atoms with Crippen molar-refractivity contribution in [1.29, 1.82) is 0 Å². The monoisotopic (exact) mass is 592 g/mol. The van der Waals surface area contributed by atoms with Gasteiger partial charge in [0.2, 0.25) is 0 Å². The molecule has 0 fully saturated rings. The van der Waals surface area contributed by atoms with Crippen LogP contribution in [0.3, 0.4) is 0 Å². The highest BCUT2D eigenvalue weighted by Crippen LogP contribution is 2.45. The van der Waals surface area contributed by atoms with Crippen molar-refractivity contribution in [2.24, 2.45) is 0 Å². The average Bonchev–Trinajstić information content (AvgIpc) is 3.68. The topological polar surface area (TPSA) is 32.8 Å². The zero-order chi connectivity index (χ0) is 30.5. The van der Waals surface area contributed by atoms with Crippen molar-refractivity contribution in [3.63, 3.8) is 0 Å². The predicted molar refractivity (Wildman–Crippen MR) is 190 cm³/mol. The minimum atomic E-state index is 0.835. The molecule has 2 heterocycles. The van der Waals surface area contributed by atoms with Gasteiger partial charge in [0.15, 0.2) is 5.58 Å². The lowest BCUT2D eigenvalue weighted by atomic mass is 10.1. The third kappa shape index (κ3) is 4.31. The highest BCUT2D eigenvalue weighted by Gasteiger charge is 2.21. The van der Waals surface area contributed by atoms with Gasteiger partial charge in [0, 0.05) is 50.0 Å². The molecule has 7 aromatic carbocycles. The number of rotatable bonds is 6. The smallest absolute Gasteiger partial charge is 0.159 e. The molecule has 0 unspecified atom stereocenters. The molecular weight excluding hydrogens is 564 g/mol. The minimum Gasteiger partial charge on any atom is -0.456 e. The fraction of sp³-hybridized carbons (Fsp3) is 0. The van der Waals surface area contributed by atoms with Gasteiger partial charge in [-0.25, -0.2) is 0 Å². The van der Waals surface area contributed by atoms with Gasteiger partial charge in [0.25, 0.3) is 0 Å². The van der Waals surface area contributed by atoms with Gasteiger partial charge in [-0.15, -0.1) is 0 Å². The molecule has 0 saturated heterocycles. The van der Waals surface area contributed by atoms with Crippen LogP contribution in [0.5, 0.6) is 0 Å². The van der Waals surface area contributed by atoms with Crippen LogP contribution in [0.4, 0.5) is 34.1 Å². The molecule has 0 N–H and O–H groups in total. The first-order valence-electron chi connectivity index (χ1n) is 15.4. The van der Waals surface area contributed by atoms with Crippen LogP contribution in [-0.2, 0) is 0 Å². The summed E-state index contributed by atoms with van der Waals surface area (Å²) in [6.45, 7) is 0. The van der Waals surface area contributed by atoms with Crippen molar-refractivity contribution in [2.75, 3.05) is 9.80 Å². The molecule has 0 amide bonds. The molecule has 218 valence electrons. The van der Waals surface area contributed by atoms with E-state index in [1.54, 1.807) is 0 Å². The second-order valence-corrected chi connectivity index (χ2v) is 11.4. The Bertz CT molecular complexity index is 2440. The Kier molecular flexibility index (Phi) is 6.10. The number of nitrogens with zero attached hydrogens (tertiary/aromatic N) is 2. The molecular formula is C42H28N2O2. The Morgan fingerprint density at radius 3 is 1.43 bits per heavy atom. The molecule has 0 radical (unpaired) electrons. The summed E-state index contributed by atoms with van der Waals surface area (Å²) >= 11 is 0. The Morgan fingerprint density at radius 1 is 0.304 bits per heavy atom. The number of furan rings is 2. The van der Waals surface area contributed by atoms with Gasteiger partial charge in [0.05, 0.1) is 5.69 Å². The fourth-order valence-corrected chi connectivity index (χ4v) is 6.55. The molecule has 4 heteroatoms. The zero-order valence-electron chi connectivity index (χ0n) is 24.9. The van der Waals surface area contributed by atoms with Gasteiger partial charge < -0.3 is 18.6 Å². The fourth-order valence-electron chi connectivity index (χ4n) is 6.55. The van der Waals surface area contributed by atoms with E-state index in [0.717, 1.165) is 78.0 Å². The first kappa shape index (κ1) is 26.2. The maximum Gasteiger partial charge on any atom is 0.159 e. The lowest BCUT2D eigenvalue weighted by Gasteiger charge is -2.25. The number of hydrogen-bond donors (Lipinski definition) is 0. The van der Waals surface area contributed by atoms with Crippen molar-refractivity contribution in [3.8, 4) is 0 Å². The normalized spacial score (nSPS) is 11.5. The average molecular weight is 593 g/mol. The molecule has 2 aromatic heterocycles. The summed E-state index contributed by atoms with van der Waals surface area (Å²) in [6.07, 6.45) is 0. The van der Waals surface area contributed by atoms with E-state index in [1.165, 1.54) is 0 Å². The van der Waals surface area contributed by atoms with E-state index in [4.69, 9.17) is 8.83 Å². The third-order valence-electron chi connectivity index (χ3n) is 8.62. The molecule has 0 bridgehead atoms. The van der Waals surface area contributed by atoms with E-state index in [1.807, 2.05) is 30.3 Å². The number of benzene rings is 7. The van der Waals surface area contributed by atoms with E-state index >= 15 is 0 Å². The van der Waals surface area contributed by atoms with Crippen LogP contribution in [0.1, 0.15) is 0 Å². The molecule has 0 atom stereocenters. The number of anilines is 6. The Labute approximate surface area is 265 Å². The van der Waals surface area contributed by atoms with Gasteiger partial charge in [-0.3, -0.25) is 0 Å². The molecule has 0 aliphatic heterocycles. The molecule has 0 saturated carbocycles. The second-order valence-electron chi connectivity index (χ2n) is 11.4. The molecule has 0 aliphatic carbocycles. The Morgan fingerprint density at radius 2 is 0.783 bits per heavy atom. The molecule has 0 aliphatic rings. The van der Waals surface area contributed by atoms with Crippen LogP contribution >= 0.6 is 0 Å². The Balaban J connectivity index is 1.24. The molecule has 46 heavy (non-hydrogen) atoms. The quantitative estimate of drug-likeness (QED) is 0.192. The van der Waals surface area contributed by atoms with Crippen molar-refractivity contribution < 1.29 is 8.83 Å². The summed E-state index contributed by atoms with van der Waals surface area (Å²) in [5.74, 6) is 0. The first-order valence-corrected chi connectivity index (χ1v) is 15.4. The van der Waals surface area contributed by atoms with E-state index in [9.17, 15) is 0 Å². The standard InChI is InChI=1S/C42H28N2O2/c1-4-13-29(14-5-1)43(30-15-6-2-7-16-30)32-23-26-41-37(27-32)35-20-12-21-38(42(35)46-41)44(31-17-8-3-9-18-31)33-24-25-40-36(28-33)34-19-10-11-22-39(34)45-40/h1-28H.